The third-order valence-corrected chi connectivity index (χ3v) is 4.11. The van der Waals surface area contributed by atoms with E-state index in [9.17, 15) is 13.2 Å². The fraction of sp³-hybridized carbons (Fsp3) is 0.0714. The van der Waals surface area contributed by atoms with Gasteiger partial charge in [0.2, 0.25) is 5.91 Å². The van der Waals surface area contributed by atoms with E-state index in [0.717, 1.165) is 0 Å². The van der Waals surface area contributed by atoms with Crippen LogP contribution in [0.1, 0.15) is 0 Å². The van der Waals surface area contributed by atoms with Crippen molar-refractivity contribution >= 4 is 33.3 Å². The lowest BCUT2D eigenvalue weighted by Crippen LogP contribution is -2.21. The van der Waals surface area contributed by atoms with Gasteiger partial charge in [0, 0.05) is 16.8 Å². The number of hydrogen-bond donors (Lipinski definition) is 2. The van der Waals surface area contributed by atoms with Crippen molar-refractivity contribution in [2.75, 3.05) is 11.9 Å². The highest BCUT2D eigenvalue weighted by Crippen LogP contribution is 2.22. The Morgan fingerprint density at radius 3 is 2.45 bits per heavy atom. The van der Waals surface area contributed by atoms with Crippen LogP contribution in [0.2, 0.25) is 5.02 Å². The normalized spacial score (nSPS) is 11.0. The molecule has 0 spiro atoms. The van der Waals surface area contributed by atoms with Crippen LogP contribution in [0, 0.1) is 0 Å². The number of hydrogen-bond acceptors (Lipinski definition) is 5. The van der Waals surface area contributed by atoms with E-state index in [4.69, 9.17) is 21.5 Å². The molecule has 22 heavy (non-hydrogen) atoms. The van der Waals surface area contributed by atoms with E-state index < -0.39 is 10.1 Å². The summed E-state index contributed by atoms with van der Waals surface area (Å²) in [6, 6.07) is 11.6. The summed E-state index contributed by atoms with van der Waals surface area (Å²) in [5.74, 6) is -0.251. The molecule has 1 amide bonds. The van der Waals surface area contributed by atoms with Crippen LogP contribution in [-0.2, 0) is 14.9 Å². The van der Waals surface area contributed by atoms with Crippen LogP contribution < -0.4 is 15.2 Å². The first-order valence-corrected chi connectivity index (χ1v) is 7.99. The molecule has 0 fully saturated rings. The molecular weight excluding hydrogens is 328 g/mol. The number of benzene rings is 2. The second kappa shape index (κ2) is 6.78. The van der Waals surface area contributed by atoms with E-state index in [2.05, 4.69) is 5.32 Å². The van der Waals surface area contributed by atoms with Crippen LogP contribution in [-0.4, -0.2) is 20.9 Å². The summed E-state index contributed by atoms with van der Waals surface area (Å²) >= 11 is 5.78. The fourth-order valence-electron chi connectivity index (χ4n) is 1.61. The smallest absolute Gasteiger partial charge is 0.339 e. The van der Waals surface area contributed by atoms with Crippen molar-refractivity contribution in [2.24, 2.45) is 5.73 Å². The summed E-state index contributed by atoms with van der Waals surface area (Å²) in [5.41, 5.74) is 5.62. The average molecular weight is 341 g/mol. The van der Waals surface area contributed by atoms with Crippen LogP contribution >= 0.6 is 11.6 Å². The summed E-state index contributed by atoms with van der Waals surface area (Å²) in [6.07, 6.45) is 0. The molecule has 0 radical (unpaired) electrons. The van der Waals surface area contributed by atoms with E-state index in [1.807, 2.05) is 0 Å². The molecule has 0 bridgehead atoms. The molecule has 0 unspecified atom stereocenters. The molecule has 0 atom stereocenters. The number of nitrogens with two attached hydrogens (primary N) is 1. The third kappa shape index (κ3) is 4.20. The molecule has 0 aliphatic carbocycles. The van der Waals surface area contributed by atoms with Crippen molar-refractivity contribution < 1.29 is 17.4 Å². The molecule has 3 N–H and O–H groups in total. The van der Waals surface area contributed by atoms with Crippen LogP contribution in [0.15, 0.2) is 53.4 Å². The molecule has 2 rings (SSSR count). The van der Waals surface area contributed by atoms with Crippen LogP contribution in [0.3, 0.4) is 0 Å². The van der Waals surface area contributed by atoms with Gasteiger partial charge in [-0.2, -0.15) is 8.42 Å². The molecule has 8 heteroatoms. The lowest BCUT2D eigenvalue weighted by Gasteiger charge is -2.08. The topological polar surface area (TPSA) is 98.5 Å². The SMILES string of the molecule is NCC(=O)Nc1ccc(S(=O)(=O)Oc2cccc(Cl)c2)cc1. The first-order valence-electron chi connectivity index (χ1n) is 6.21. The molecule has 6 nitrogen and oxygen atoms in total. The Hall–Kier alpha value is -2.09. The number of carbonyl (C=O) groups excluding carboxylic acids is 1. The predicted molar refractivity (Wildman–Crippen MR) is 83.4 cm³/mol. The van der Waals surface area contributed by atoms with Gasteiger partial charge in [-0.3, -0.25) is 4.79 Å². The van der Waals surface area contributed by atoms with Crippen molar-refractivity contribution in [3.8, 4) is 5.75 Å². The Labute approximate surface area is 133 Å². The lowest BCUT2D eigenvalue weighted by molar-refractivity contribution is -0.114. The monoisotopic (exact) mass is 340 g/mol. The minimum Gasteiger partial charge on any atom is -0.379 e. The minimum atomic E-state index is -3.98. The molecule has 0 aliphatic heterocycles. The molecule has 0 aromatic heterocycles. The quantitative estimate of drug-likeness (QED) is 0.811. The number of halogens is 1. The van der Waals surface area contributed by atoms with Gasteiger partial charge in [-0.1, -0.05) is 17.7 Å². The van der Waals surface area contributed by atoms with E-state index in [1.165, 1.54) is 36.4 Å². The maximum Gasteiger partial charge on any atom is 0.339 e. The van der Waals surface area contributed by atoms with Crippen LogP contribution in [0.25, 0.3) is 0 Å². The number of anilines is 1. The third-order valence-electron chi connectivity index (χ3n) is 2.61. The van der Waals surface area contributed by atoms with Gasteiger partial charge < -0.3 is 15.2 Å². The number of rotatable bonds is 5. The van der Waals surface area contributed by atoms with E-state index in [1.54, 1.807) is 12.1 Å². The molecule has 0 saturated carbocycles. The summed E-state index contributed by atoms with van der Waals surface area (Å²) < 4.78 is 29.3. The van der Waals surface area contributed by atoms with Gasteiger partial charge in [0.05, 0.1) is 6.54 Å². The zero-order valence-corrected chi connectivity index (χ0v) is 12.9. The molecule has 0 saturated heterocycles. The maximum absolute atomic E-state index is 12.1. The Morgan fingerprint density at radius 2 is 1.86 bits per heavy atom. The minimum absolute atomic E-state index is 0.0433. The van der Waals surface area contributed by atoms with Gasteiger partial charge in [0.25, 0.3) is 0 Å². The zero-order chi connectivity index (χ0) is 16.2. The molecule has 2 aromatic carbocycles. The van der Waals surface area contributed by atoms with Gasteiger partial charge >= 0.3 is 10.1 Å². The Bertz CT molecular complexity index is 776. The molecule has 0 heterocycles. The van der Waals surface area contributed by atoms with Crippen molar-refractivity contribution in [3.63, 3.8) is 0 Å². The first-order chi connectivity index (χ1) is 10.4. The predicted octanol–water partition coefficient (Wildman–Crippen LogP) is 2.00. The summed E-state index contributed by atoms with van der Waals surface area (Å²) in [5, 5.41) is 2.88. The van der Waals surface area contributed by atoms with E-state index in [0.29, 0.717) is 10.7 Å². The highest BCUT2D eigenvalue weighted by atomic mass is 35.5. The van der Waals surface area contributed by atoms with Gasteiger partial charge in [-0.05, 0) is 36.4 Å². The molecular formula is C14H13ClN2O4S. The summed E-state index contributed by atoms with van der Waals surface area (Å²) in [7, 11) is -3.98. The highest BCUT2D eigenvalue weighted by molar-refractivity contribution is 7.87. The van der Waals surface area contributed by atoms with E-state index >= 15 is 0 Å². The molecule has 2 aromatic rings. The maximum atomic E-state index is 12.1. The fourth-order valence-corrected chi connectivity index (χ4v) is 2.71. The Kier molecular flexibility index (Phi) is 5.02. The van der Waals surface area contributed by atoms with Crippen molar-refractivity contribution in [2.45, 2.75) is 4.90 Å². The lowest BCUT2D eigenvalue weighted by atomic mass is 10.3. The second-order valence-corrected chi connectivity index (χ2v) is 6.25. The number of amides is 1. The van der Waals surface area contributed by atoms with E-state index in [-0.39, 0.29) is 23.1 Å². The second-order valence-electron chi connectivity index (χ2n) is 4.27. The Balaban J connectivity index is 2.17. The van der Waals surface area contributed by atoms with Gasteiger partial charge in [0.1, 0.15) is 10.6 Å². The largest absolute Gasteiger partial charge is 0.379 e. The number of carbonyl (C=O) groups is 1. The Morgan fingerprint density at radius 1 is 1.18 bits per heavy atom. The summed E-state index contributed by atoms with van der Waals surface area (Å²) in [4.78, 5) is 11.1. The van der Waals surface area contributed by atoms with Crippen LogP contribution in [0.4, 0.5) is 5.69 Å². The summed E-state index contributed by atoms with van der Waals surface area (Å²) in [6.45, 7) is -0.155. The van der Waals surface area contributed by atoms with Gasteiger partial charge in [-0.15, -0.1) is 0 Å². The van der Waals surface area contributed by atoms with Crippen LogP contribution in [0.5, 0.6) is 5.75 Å². The van der Waals surface area contributed by atoms with Crippen molar-refractivity contribution in [3.05, 3.63) is 53.6 Å². The van der Waals surface area contributed by atoms with Crippen molar-refractivity contribution in [1.29, 1.82) is 0 Å². The zero-order valence-electron chi connectivity index (χ0n) is 11.3. The van der Waals surface area contributed by atoms with Gasteiger partial charge in [0.15, 0.2) is 0 Å². The van der Waals surface area contributed by atoms with Gasteiger partial charge in [-0.25, -0.2) is 0 Å². The first kappa shape index (κ1) is 16.3. The standard InChI is InChI=1S/C14H13ClN2O4S/c15-10-2-1-3-12(8-10)21-22(19,20)13-6-4-11(5-7-13)17-14(18)9-16/h1-8H,9,16H2,(H,17,18). The van der Waals surface area contributed by atoms with Crippen molar-refractivity contribution in [1.82, 2.24) is 0 Å². The average Bonchev–Trinajstić information content (AvgIpc) is 2.47. The molecule has 116 valence electrons. The molecule has 0 aliphatic rings. The highest BCUT2D eigenvalue weighted by Gasteiger charge is 2.16. The number of nitrogens with one attached hydrogen (secondary N) is 1.